The van der Waals surface area contributed by atoms with E-state index in [1.165, 1.54) is 12.8 Å². The summed E-state index contributed by atoms with van der Waals surface area (Å²) in [5.41, 5.74) is 4.10. The second-order valence-corrected chi connectivity index (χ2v) is 6.21. The predicted octanol–water partition coefficient (Wildman–Crippen LogP) is 2.31. The van der Waals surface area contributed by atoms with Gasteiger partial charge in [-0.1, -0.05) is 30.5 Å². The summed E-state index contributed by atoms with van der Waals surface area (Å²) in [6, 6.07) is 7.74. The molecule has 2 amide bonds. The number of ether oxygens (including phenoxy) is 1. The minimum atomic E-state index is -0.355. The highest BCUT2D eigenvalue weighted by atomic mass is 16.5. The van der Waals surface area contributed by atoms with Gasteiger partial charge in [-0.15, -0.1) is 0 Å². The van der Waals surface area contributed by atoms with Crippen molar-refractivity contribution in [3.05, 3.63) is 29.8 Å². The van der Waals surface area contributed by atoms with Crippen molar-refractivity contribution in [1.82, 2.24) is 10.7 Å². The third-order valence-electron chi connectivity index (χ3n) is 3.90. The normalized spacial score (nSPS) is 15.2. The lowest BCUT2D eigenvalue weighted by atomic mass is 10.2. The van der Waals surface area contributed by atoms with Gasteiger partial charge in [-0.25, -0.2) is 5.43 Å². The van der Waals surface area contributed by atoms with Crippen molar-refractivity contribution in [1.29, 1.82) is 0 Å². The maximum Gasteiger partial charge on any atom is 0.277 e. The summed E-state index contributed by atoms with van der Waals surface area (Å²) in [6.07, 6.45) is 4.64. The Labute approximate surface area is 142 Å². The summed E-state index contributed by atoms with van der Waals surface area (Å²) in [6.45, 7) is 3.58. The minimum absolute atomic E-state index is 0.0479. The molecular formula is C18H25N3O3. The lowest BCUT2D eigenvalue weighted by molar-refractivity contribution is -0.123. The highest BCUT2D eigenvalue weighted by Gasteiger charge is 2.17. The first-order valence-corrected chi connectivity index (χ1v) is 8.34. The van der Waals surface area contributed by atoms with Gasteiger partial charge in [0.15, 0.2) is 6.61 Å². The molecule has 1 aromatic rings. The quantitative estimate of drug-likeness (QED) is 0.594. The van der Waals surface area contributed by atoms with Crippen LogP contribution in [0.1, 0.15) is 44.6 Å². The van der Waals surface area contributed by atoms with Crippen LogP contribution in [0.3, 0.4) is 0 Å². The van der Waals surface area contributed by atoms with Crippen LogP contribution in [0, 0.1) is 6.92 Å². The molecule has 1 saturated carbocycles. The van der Waals surface area contributed by atoms with Crippen molar-refractivity contribution in [3.8, 4) is 5.75 Å². The Bertz CT molecular complexity index is 590. The summed E-state index contributed by atoms with van der Waals surface area (Å²) < 4.78 is 5.36. The fraction of sp³-hybridized carbons (Fsp3) is 0.500. The lowest BCUT2D eigenvalue weighted by Crippen LogP contribution is -2.34. The van der Waals surface area contributed by atoms with Gasteiger partial charge in [0.05, 0.1) is 6.42 Å². The fourth-order valence-electron chi connectivity index (χ4n) is 2.59. The molecule has 1 aliphatic rings. The topological polar surface area (TPSA) is 79.8 Å². The Morgan fingerprint density at radius 3 is 2.50 bits per heavy atom. The van der Waals surface area contributed by atoms with Gasteiger partial charge in [0.2, 0.25) is 5.91 Å². The van der Waals surface area contributed by atoms with Gasteiger partial charge in [0.1, 0.15) is 5.75 Å². The molecule has 0 bridgehead atoms. The number of amides is 2. The summed E-state index contributed by atoms with van der Waals surface area (Å²) in [5.74, 6) is 0.229. The number of aryl methyl sites for hydroxylation is 1. The molecule has 1 aliphatic carbocycles. The maximum absolute atomic E-state index is 11.9. The zero-order valence-electron chi connectivity index (χ0n) is 14.3. The molecule has 0 heterocycles. The molecule has 6 nitrogen and oxygen atoms in total. The summed E-state index contributed by atoms with van der Waals surface area (Å²) in [5, 5.41) is 6.93. The zero-order valence-corrected chi connectivity index (χ0v) is 14.3. The van der Waals surface area contributed by atoms with Crippen LogP contribution in [0.15, 0.2) is 29.4 Å². The average molecular weight is 331 g/mol. The summed E-state index contributed by atoms with van der Waals surface area (Å²) in [4.78, 5) is 23.6. The zero-order chi connectivity index (χ0) is 17.4. The Morgan fingerprint density at radius 2 is 1.83 bits per heavy atom. The first-order valence-electron chi connectivity index (χ1n) is 8.34. The molecule has 0 aliphatic heterocycles. The second-order valence-electron chi connectivity index (χ2n) is 6.21. The van der Waals surface area contributed by atoms with Crippen LogP contribution >= 0.6 is 0 Å². The molecule has 0 unspecified atom stereocenters. The van der Waals surface area contributed by atoms with E-state index in [1.54, 1.807) is 6.92 Å². The van der Waals surface area contributed by atoms with E-state index in [2.05, 4.69) is 15.8 Å². The lowest BCUT2D eigenvalue weighted by Gasteiger charge is -2.11. The van der Waals surface area contributed by atoms with Gasteiger partial charge in [-0.2, -0.15) is 5.10 Å². The van der Waals surface area contributed by atoms with E-state index in [9.17, 15) is 9.59 Å². The number of nitrogens with zero attached hydrogens (tertiary/aromatic N) is 1. The molecule has 0 spiro atoms. The first kappa shape index (κ1) is 18.0. The molecule has 1 fully saturated rings. The van der Waals surface area contributed by atoms with Gasteiger partial charge in [-0.3, -0.25) is 9.59 Å². The third-order valence-corrected chi connectivity index (χ3v) is 3.90. The number of carbonyl (C=O) groups is 2. The van der Waals surface area contributed by atoms with Crippen molar-refractivity contribution in [3.63, 3.8) is 0 Å². The van der Waals surface area contributed by atoms with Crippen LogP contribution < -0.4 is 15.5 Å². The SMILES string of the molecule is C/C(CC(=O)NC1CCCC1)=N\NC(=O)COc1ccc(C)cc1. The first-order chi connectivity index (χ1) is 11.5. The van der Waals surface area contributed by atoms with Gasteiger partial charge in [0, 0.05) is 11.8 Å². The van der Waals surface area contributed by atoms with Crippen molar-refractivity contribution < 1.29 is 14.3 Å². The molecule has 2 N–H and O–H groups in total. The standard InChI is InChI=1S/C18H25N3O3/c1-13-7-9-16(10-8-13)24-12-18(23)21-20-14(2)11-17(22)19-15-5-3-4-6-15/h7-10,15H,3-6,11-12H2,1-2H3,(H,19,22)(H,21,23)/b20-14+. The van der Waals surface area contributed by atoms with Gasteiger partial charge in [-0.05, 0) is 38.8 Å². The van der Waals surface area contributed by atoms with Crippen LogP contribution in [0.4, 0.5) is 0 Å². The van der Waals surface area contributed by atoms with E-state index in [4.69, 9.17) is 4.74 Å². The monoisotopic (exact) mass is 331 g/mol. The smallest absolute Gasteiger partial charge is 0.277 e. The number of hydrazone groups is 1. The fourth-order valence-corrected chi connectivity index (χ4v) is 2.59. The van der Waals surface area contributed by atoms with Crippen molar-refractivity contribution >= 4 is 17.5 Å². The number of rotatable bonds is 7. The number of benzene rings is 1. The van der Waals surface area contributed by atoms with E-state index >= 15 is 0 Å². The Morgan fingerprint density at radius 1 is 1.17 bits per heavy atom. The molecule has 130 valence electrons. The number of nitrogens with one attached hydrogen (secondary N) is 2. The van der Waals surface area contributed by atoms with Crippen LogP contribution in [0.25, 0.3) is 0 Å². The average Bonchev–Trinajstić information content (AvgIpc) is 3.05. The van der Waals surface area contributed by atoms with E-state index < -0.39 is 0 Å². The molecule has 2 rings (SSSR count). The largest absolute Gasteiger partial charge is 0.484 e. The third kappa shape index (κ3) is 6.40. The molecule has 0 atom stereocenters. The van der Waals surface area contributed by atoms with E-state index in [0.29, 0.717) is 17.5 Å². The van der Waals surface area contributed by atoms with Crippen molar-refractivity contribution in [2.45, 2.75) is 52.0 Å². The molecule has 0 saturated heterocycles. The van der Waals surface area contributed by atoms with Gasteiger partial charge in [0.25, 0.3) is 5.91 Å². The van der Waals surface area contributed by atoms with E-state index in [1.807, 2.05) is 31.2 Å². The number of hydrogen-bond acceptors (Lipinski definition) is 4. The number of hydrogen-bond donors (Lipinski definition) is 2. The van der Waals surface area contributed by atoms with Crippen molar-refractivity contribution in [2.24, 2.45) is 5.10 Å². The molecule has 24 heavy (non-hydrogen) atoms. The van der Waals surface area contributed by atoms with E-state index in [-0.39, 0.29) is 24.8 Å². The Balaban J connectivity index is 1.67. The van der Waals surface area contributed by atoms with Gasteiger partial charge >= 0.3 is 0 Å². The van der Waals surface area contributed by atoms with Crippen LogP contribution in [0.5, 0.6) is 5.75 Å². The Kier molecular flexibility index (Phi) is 6.78. The van der Waals surface area contributed by atoms with Crippen LogP contribution in [-0.2, 0) is 9.59 Å². The molecule has 0 aromatic heterocycles. The second kappa shape index (κ2) is 9.05. The highest BCUT2D eigenvalue weighted by Crippen LogP contribution is 2.17. The Hall–Kier alpha value is -2.37. The molecular weight excluding hydrogens is 306 g/mol. The summed E-state index contributed by atoms with van der Waals surface area (Å²) >= 11 is 0. The number of carbonyl (C=O) groups excluding carboxylic acids is 2. The predicted molar refractivity (Wildman–Crippen MR) is 92.9 cm³/mol. The summed E-state index contributed by atoms with van der Waals surface area (Å²) in [7, 11) is 0. The van der Waals surface area contributed by atoms with Crippen LogP contribution in [0.2, 0.25) is 0 Å². The van der Waals surface area contributed by atoms with Gasteiger partial charge < -0.3 is 10.1 Å². The molecule has 1 aromatic carbocycles. The van der Waals surface area contributed by atoms with E-state index in [0.717, 1.165) is 18.4 Å². The van der Waals surface area contributed by atoms with Crippen LogP contribution in [-0.4, -0.2) is 30.2 Å². The molecule has 6 heteroatoms. The molecule has 0 radical (unpaired) electrons. The van der Waals surface area contributed by atoms with Crippen molar-refractivity contribution in [2.75, 3.05) is 6.61 Å². The minimum Gasteiger partial charge on any atom is -0.484 e. The highest BCUT2D eigenvalue weighted by molar-refractivity contribution is 6.00. The maximum atomic E-state index is 11.9.